The summed E-state index contributed by atoms with van der Waals surface area (Å²) in [5, 5.41) is 8.25. The summed E-state index contributed by atoms with van der Waals surface area (Å²) in [5.74, 6) is 0.383. The van der Waals surface area contributed by atoms with E-state index in [1.165, 1.54) is 110 Å². The fraction of sp³-hybridized carbons (Fsp3) is 0.245. The van der Waals surface area contributed by atoms with Crippen molar-refractivity contribution in [3.8, 4) is 44.5 Å². The minimum absolute atomic E-state index is 0.00858. The molecule has 0 nitrogen and oxygen atoms in total. The Morgan fingerprint density at radius 2 is 0.849 bits per heavy atom. The normalized spacial score (nSPS) is 15.4. The van der Waals surface area contributed by atoms with Gasteiger partial charge < -0.3 is 0 Å². The fourth-order valence-corrected chi connectivity index (χ4v) is 10.4. The van der Waals surface area contributed by atoms with Crippen molar-refractivity contribution in [1.29, 1.82) is 0 Å². The maximum atomic E-state index is 2.51. The van der Waals surface area contributed by atoms with E-state index in [0.717, 1.165) is 0 Å². The van der Waals surface area contributed by atoms with Gasteiger partial charge in [0.1, 0.15) is 0 Å². The molecule has 8 aromatic rings. The van der Waals surface area contributed by atoms with Crippen LogP contribution >= 0.6 is 0 Å². The molecule has 0 spiro atoms. The van der Waals surface area contributed by atoms with Crippen LogP contribution in [-0.4, -0.2) is 0 Å². The molecule has 0 radical (unpaired) electrons. The molecule has 0 saturated carbocycles. The zero-order valence-electron chi connectivity index (χ0n) is 32.6. The van der Waals surface area contributed by atoms with Crippen molar-refractivity contribution < 1.29 is 0 Å². The van der Waals surface area contributed by atoms with E-state index in [9.17, 15) is 0 Å². The van der Waals surface area contributed by atoms with Gasteiger partial charge in [0.2, 0.25) is 0 Å². The highest BCUT2D eigenvalue weighted by molar-refractivity contribution is 6.29. The molecule has 0 bridgehead atoms. The van der Waals surface area contributed by atoms with E-state index in [-0.39, 0.29) is 16.2 Å². The van der Waals surface area contributed by atoms with Crippen LogP contribution in [0.3, 0.4) is 0 Å². The van der Waals surface area contributed by atoms with Gasteiger partial charge in [-0.1, -0.05) is 159 Å². The third-order valence-corrected chi connectivity index (χ3v) is 13.1. The average Bonchev–Trinajstić information content (AvgIpc) is 3.51. The van der Waals surface area contributed by atoms with Crippen LogP contribution in [0.5, 0.6) is 0 Å². The summed E-state index contributed by atoms with van der Waals surface area (Å²) < 4.78 is 0. The second-order valence-electron chi connectivity index (χ2n) is 18.3. The first-order valence-electron chi connectivity index (χ1n) is 19.6. The topological polar surface area (TPSA) is 0 Å². The van der Waals surface area contributed by atoms with E-state index < -0.39 is 0 Å². The van der Waals surface area contributed by atoms with E-state index in [1.54, 1.807) is 0 Å². The van der Waals surface area contributed by atoms with E-state index >= 15 is 0 Å². The predicted octanol–water partition coefficient (Wildman–Crippen LogP) is 15.0. The molecule has 0 amide bonds. The molecule has 0 atom stereocenters. The molecule has 0 aromatic heterocycles. The molecule has 53 heavy (non-hydrogen) atoms. The molecule has 0 fully saturated rings. The zero-order valence-corrected chi connectivity index (χ0v) is 32.6. The molecule has 260 valence electrons. The number of hydrogen-bond donors (Lipinski definition) is 0. The monoisotopic (exact) mass is 684 g/mol. The molecular weight excluding hydrogens is 637 g/mol. The van der Waals surface area contributed by atoms with Gasteiger partial charge in [0, 0.05) is 10.8 Å². The quantitative estimate of drug-likeness (QED) is 0.163. The molecule has 0 saturated heterocycles. The average molecular weight is 685 g/mol. The number of rotatable bonds is 3. The van der Waals surface area contributed by atoms with Crippen molar-refractivity contribution >= 4 is 32.3 Å². The third kappa shape index (κ3) is 4.36. The standard InChI is InChI=1S/C53H48/c1-30(2)39-28-40(31-18-24-46-42(26-31)33-14-10-12-16-44(33)52(46,6)7)36-22-23-38-48(51(3,4)5)29-41(37-21-20-35(39)49(36)50(37)38)32-19-25-47-43(27-32)34-15-11-13-17-45(34)53(47,8)9/h10-30H,1-9H3. The molecule has 0 heteroatoms. The zero-order chi connectivity index (χ0) is 36.8. The predicted molar refractivity (Wildman–Crippen MR) is 229 cm³/mol. The Morgan fingerprint density at radius 1 is 0.415 bits per heavy atom. The summed E-state index contributed by atoms with van der Waals surface area (Å²) in [7, 11) is 0. The molecular formula is C53H48. The van der Waals surface area contributed by atoms with E-state index in [1.807, 2.05) is 0 Å². The number of hydrogen-bond acceptors (Lipinski definition) is 0. The van der Waals surface area contributed by atoms with Crippen molar-refractivity contribution in [3.63, 3.8) is 0 Å². The first-order chi connectivity index (χ1) is 25.3. The van der Waals surface area contributed by atoms with Gasteiger partial charge in [0.25, 0.3) is 0 Å². The van der Waals surface area contributed by atoms with Crippen molar-refractivity contribution in [2.24, 2.45) is 0 Å². The second-order valence-corrected chi connectivity index (χ2v) is 18.3. The van der Waals surface area contributed by atoms with Crippen LogP contribution in [-0.2, 0) is 16.2 Å². The van der Waals surface area contributed by atoms with Crippen LogP contribution in [0.15, 0.2) is 121 Å². The van der Waals surface area contributed by atoms with Crippen molar-refractivity contribution in [3.05, 3.63) is 155 Å². The Balaban J connectivity index is 1.28. The van der Waals surface area contributed by atoms with Crippen LogP contribution in [0.4, 0.5) is 0 Å². The summed E-state index contributed by atoms with van der Waals surface area (Å²) in [6.07, 6.45) is 0. The largest absolute Gasteiger partial charge is 0.0619 e. The molecule has 2 aliphatic carbocycles. The summed E-state index contributed by atoms with van der Waals surface area (Å²) >= 11 is 0. The Bertz CT molecular complexity index is 2830. The smallest absolute Gasteiger partial charge is 0.0158 e. The highest BCUT2D eigenvalue weighted by Crippen LogP contribution is 2.53. The van der Waals surface area contributed by atoms with Crippen LogP contribution in [0.2, 0.25) is 0 Å². The molecule has 0 unspecified atom stereocenters. The second kappa shape index (κ2) is 10.7. The first-order valence-corrected chi connectivity index (χ1v) is 19.6. The molecule has 0 heterocycles. The maximum Gasteiger partial charge on any atom is 0.0158 e. The van der Waals surface area contributed by atoms with Crippen molar-refractivity contribution in [1.82, 2.24) is 0 Å². The summed E-state index contributed by atoms with van der Waals surface area (Å²) in [4.78, 5) is 0. The highest BCUT2D eigenvalue weighted by atomic mass is 14.4. The molecule has 2 aliphatic rings. The fourth-order valence-electron chi connectivity index (χ4n) is 10.4. The summed E-state index contributed by atoms with van der Waals surface area (Å²) in [6, 6.07) is 47.3. The lowest BCUT2D eigenvalue weighted by atomic mass is 9.77. The van der Waals surface area contributed by atoms with Gasteiger partial charge in [0.05, 0.1) is 0 Å². The van der Waals surface area contributed by atoms with Crippen LogP contribution in [0, 0.1) is 0 Å². The number of fused-ring (bicyclic) bond motifs is 6. The van der Waals surface area contributed by atoms with E-state index in [4.69, 9.17) is 0 Å². The molecule has 8 aromatic carbocycles. The van der Waals surface area contributed by atoms with Crippen LogP contribution in [0.1, 0.15) is 102 Å². The lowest BCUT2D eigenvalue weighted by Crippen LogP contribution is -2.14. The third-order valence-electron chi connectivity index (χ3n) is 13.1. The van der Waals surface area contributed by atoms with Crippen molar-refractivity contribution in [2.45, 2.75) is 84.5 Å². The molecule has 0 aliphatic heterocycles. The summed E-state index contributed by atoms with van der Waals surface area (Å²) in [5.41, 5.74) is 19.2. The van der Waals surface area contributed by atoms with Gasteiger partial charge >= 0.3 is 0 Å². The lowest BCUT2D eigenvalue weighted by Gasteiger charge is -2.27. The van der Waals surface area contributed by atoms with Gasteiger partial charge in [-0.25, -0.2) is 0 Å². The lowest BCUT2D eigenvalue weighted by molar-refractivity contribution is 0.596. The van der Waals surface area contributed by atoms with Crippen LogP contribution in [0.25, 0.3) is 76.8 Å². The minimum atomic E-state index is -0.0354. The Hall–Kier alpha value is -5.20. The molecule has 10 rings (SSSR count). The van der Waals surface area contributed by atoms with E-state index in [0.29, 0.717) is 5.92 Å². The van der Waals surface area contributed by atoms with Gasteiger partial charge in [-0.3, -0.25) is 0 Å². The van der Waals surface area contributed by atoms with Gasteiger partial charge in [-0.05, 0) is 146 Å². The van der Waals surface area contributed by atoms with Crippen LogP contribution < -0.4 is 0 Å². The highest BCUT2D eigenvalue weighted by Gasteiger charge is 2.37. The number of benzene rings is 8. The Kier molecular flexibility index (Phi) is 6.55. The SMILES string of the molecule is CC(C)c1cc(-c2ccc3c(c2)-c2ccccc2C3(C)C)c2ccc3c(C(C)(C)C)cc(-c4ccc5c(c4)-c4ccccc4C5(C)C)c4ccc1c2c43. The molecule has 0 N–H and O–H groups in total. The van der Waals surface area contributed by atoms with Gasteiger partial charge in [0.15, 0.2) is 0 Å². The summed E-state index contributed by atoms with van der Waals surface area (Å²) in [6.45, 7) is 21.3. The Labute approximate surface area is 314 Å². The van der Waals surface area contributed by atoms with Gasteiger partial charge in [-0.2, -0.15) is 0 Å². The maximum absolute atomic E-state index is 2.51. The van der Waals surface area contributed by atoms with Crippen molar-refractivity contribution in [2.75, 3.05) is 0 Å². The Morgan fingerprint density at radius 3 is 1.36 bits per heavy atom. The van der Waals surface area contributed by atoms with Gasteiger partial charge in [-0.15, -0.1) is 0 Å². The first kappa shape index (κ1) is 32.5. The minimum Gasteiger partial charge on any atom is -0.0619 e. The van der Waals surface area contributed by atoms with E-state index in [2.05, 4.69) is 184 Å².